The molecule has 0 spiro atoms. The van der Waals surface area contributed by atoms with Crippen LogP contribution in [0.5, 0.6) is 0 Å². The fraction of sp³-hybridized carbons (Fsp3) is 0.385. The largest absolute Gasteiger partial charge is 0.396 e. The van der Waals surface area contributed by atoms with Crippen molar-refractivity contribution < 1.29 is 13.7 Å². The monoisotopic (exact) mass is 265 g/mol. The standard InChI is InChI=1S/C13H16FN3O2/c1-3-10(18-4-2)12-16-13(19-17-12)8-6-5-7-9(14)11(8)15/h5-7,10H,3-4,15H2,1-2H3. The highest BCUT2D eigenvalue weighted by molar-refractivity contribution is 5.70. The van der Waals surface area contributed by atoms with Gasteiger partial charge in [-0.15, -0.1) is 0 Å². The number of hydrogen-bond donors (Lipinski definition) is 1. The van der Waals surface area contributed by atoms with Crippen molar-refractivity contribution in [3.8, 4) is 11.5 Å². The molecular weight excluding hydrogens is 249 g/mol. The van der Waals surface area contributed by atoms with Gasteiger partial charge in [0, 0.05) is 6.61 Å². The third kappa shape index (κ3) is 2.73. The Kier molecular flexibility index (Phi) is 4.11. The molecule has 0 radical (unpaired) electrons. The van der Waals surface area contributed by atoms with Crippen LogP contribution in [0.15, 0.2) is 22.7 Å². The van der Waals surface area contributed by atoms with E-state index in [0.29, 0.717) is 18.0 Å². The molecule has 0 aliphatic heterocycles. The molecule has 0 saturated heterocycles. The van der Waals surface area contributed by atoms with Crippen molar-refractivity contribution in [2.45, 2.75) is 26.4 Å². The maximum absolute atomic E-state index is 13.4. The van der Waals surface area contributed by atoms with Crippen LogP contribution >= 0.6 is 0 Å². The highest BCUT2D eigenvalue weighted by atomic mass is 19.1. The van der Waals surface area contributed by atoms with Crippen molar-refractivity contribution in [3.63, 3.8) is 0 Å². The quantitative estimate of drug-likeness (QED) is 0.841. The highest BCUT2D eigenvalue weighted by Crippen LogP contribution is 2.28. The number of rotatable bonds is 5. The van der Waals surface area contributed by atoms with Gasteiger partial charge in [-0.2, -0.15) is 4.98 Å². The Morgan fingerprint density at radius 2 is 2.21 bits per heavy atom. The van der Waals surface area contributed by atoms with Gasteiger partial charge in [-0.1, -0.05) is 18.1 Å². The second-order valence-corrected chi connectivity index (χ2v) is 4.01. The van der Waals surface area contributed by atoms with E-state index in [4.69, 9.17) is 15.0 Å². The van der Waals surface area contributed by atoms with Gasteiger partial charge in [-0.25, -0.2) is 4.39 Å². The zero-order valence-electron chi connectivity index (χ0n) is 10.9. The molecule has 0 fully saturated rings. The molecule has 0 aliphatic rings. The molecule has 1 unspecified atom stereocenters. The number of hydrogen-bond acceptors (Lipinski definition) is 5. The number of benzene rings is 1. The van der Waals surface area contributed by atoms with Crippen LogP contribution < -0.4 is 5.73 Å². The maximum atomic E-state index is 13.4. The van der Waals surface area contributed by atoms with Crippen molar-refractivity contribution in [1.82, 2.24) is 10.1 Å². The lowest BCUT2D eigenvalue weighted by molar-refractivity contribution is 0.0518. The molecule has 1 aromatic carbocycles. The van der Waals surface area contributed by atoms with Crippen LogP contribution in [0.2, 0.25) is 0 Å². The Bertz CT molecular complexity index is 557. The number of para-hydroxylation sites is 1. The molecule has 2 N–H and O–H groups in total. The van der Waals surface area contributed by atoms with Gasteiger partial charge < -0.3 is 15.0 Å². The summed E-state index contributed by atoms with van der Waals surface area (Å²) in [5.41, 5.74) is 6.05. The summed E-state index contributed by atoms with van der Waals surface area (Å²) in [6, 6.07) is 4.47. The molecule has 0 amide bonds. The van der Waals surface area contributed by atoms with Crippen LogP contribution in [0.4, 0.5) is 10.1 Å². The molecule has 1 aromatic heterocycles. The molecule has 2 rings (SSSR count). The topological polar surface area (TPSA) is 74.2 Å². The van der Waals surface area contributed by atoms with Crippen LogP contribution in [0.1, 0.15) is 32.2 Å². The first-order chi connectivity index (χ1) is 9.17. The molecule has 102 valence electrons. The van der Waals surface area contributed by atoms with Gasteiger partial charge in [0.15, 0.2) is 0 Å². The average Bonchev–Trinajstić information content (AvgIpc) is 2.88. The van der Waals surface area contributed by atoms with E-state index in [9.17, 15) is 4.39 Å². The molecule has 6 heteroatoms. The molecule has 0 bridgehead atoms. The molecule has 2 aromatic rings. The summed E-state index contributed by atoms with van der Waals surface area (Å²) in [6.07, 6.45) is 0.503. The summed E-state index contributed by atoms with van der Waals surface area (Å²) in [4.78, 5) is 4.22. The molecule has 0 aliphatic carbocycles. The maximum Gasteiger partial charge on any atom is 0.260 e. The van der Waals surface area contributed by atoms with Gasteiger partial charge in [0.05, 0.1) is 11.3 Å². The predicted molar refractivity (Wildman–Crippen MR) is 68.8 cm³/mol. The lowest BCUT2D eigenvalue weighted by Gasteiger charge is -2.09. The number of halogens is 1. The number of nitrogens with zero attached hydrogens (tertiary/aromatic N) is 2. The molecule has 0 saturated carbocycles. The lowest BCUT2D eigenvalue weighted by atomic mass is 10.1. The lowest BCUT2D eigenvalue weighted by Crippen LogP contribution is -2.04. The normalized spacial score (nSPS) is 12.6. The first-order valence-corrected chi connectivity index (χ1v) is 6.16. The second-order valence-electron chi connectivity index (χ2n) is 4.01. The number of ether oxygens (including phenoxy) is 1. The number of nitrogen functional groups attached to an aromatic ring is 1. The van der Waals surface area contributed by atoms with Gasteiger partial charge in [0.2, 0.25) is 5.82 Å². The van der Waals surface area contributed by atoms with E-state index in [-0.39, 0.29) is 17.7 Å². The van der Waals surface area contributed by atoms with Gasteiger partial charge in [0.1, 0.15) is 11.9 Å². The Labute approximate surface area is 110 Å². The van der Waals surface area contributed by atoms with E-state index in [1.807, 2.05) is 13.8 Å². The highest BCUT2D eigenvalue weighted by Gasteiger charge is 2.19. The number of anilines is 1. The predicted octanol–water partition coefficient (Wildman–Crippen LogP) is 2.95. The van der Waals surface area contributed by atoms with Crippen LogP contribution in [0, 0.1) is 5.82 Å². The number of aromatic nitrogens is 2. The Morgan fingerprint density at radius 3 is 2.89 bits per heavy atom. The molecule has 5 nitrogen and oxygen atoms in total. The SMILES string of the molecule is CCOC(CC)c1noc(-c2cccc(F)c2N)n1. The van der Waals surface area contributed by atoms with Crippen molar-refractivity contribution in [1.29, 1.82) is 0 Å². The van der Waals surface area contributed by atoms with Crippen LogP contribution in [-0.4, -0.2) is 16.7 Å². The van der Waals surface area contributed by atoms with E-state index in [2.05, 4.69) is 10.1 Å². The average molecular weight is 265 g/mol. The van der Waals surface area contributed by atoms with Crippen LogP contribution in [0.3, 0.4) is 0 Å². The zero-order chi connectivity index (χ0) is 13.8. The molecule has 19 heavy (non-hydrogen) atoms. The van der Waals surface area contributed by atoms with Crippen molar-refractivity contribution >= 4 is 5.69 Å². The molecule has 1 heterocycles. The van der Waals surface area contributed by atoms with E-state index in [0.717, 1.165) is 6.42 Å². The zero-order valence-corrected chi connectivity index (χ0v) is 10.9. The van der Waals surface area contributed by atoms with Crippen LogP contribution in [-0.2, 0) is 4.74 Å². The summed E-state index contributed by atoms with van der Waals surface area (Å²) in [5.74, 6) is 0.141. The Hall–Kier alpha value is -1.95. The van der Waals surface area contributed by atoms with Crippen molar-refractivity contribution in [2.24, 2.45) is 0 Å². The second kappa shape index (κ2) is 5.79. The summed E-state index contributed by atoms with van der Waals surface area (Å²) < 4.78 is 24.0. The third-order valence-corrected chi connectivity index (χ3v) is 2.75. The Balaban J connectivity index is 2.32. The van der Waals surface area contributed by atoms with E-state index in [1.54, 1.807) is 12.1 Å². The third-order valence-electron chi connectivity index (χ3n) is 2.75. The summed E-state index contributed by atoms with van der Waals surface area (Å²) in [5, 5.41) is 3.86. The van der Waals surface area contributed by atoms with Gasteiger partial charge in [-0.3, -0.25) is 0 Å². The minimum Gasteiger partial charge on any atom is -0.396 e. The number of nitrogens with two attached hydrogens (primary N) is 1. The van der Waals surface area contributed by atoms with Crippen molar-refractivity contribution in [2.75, 3.05) is 12.3 Å². The van der Waals surface area contributed by atoms with Gasteiger partial charge >= 0.3 is 0 Å². The Morgan fingerprint density at radius 1 is 1.42 bits per heavy atom. The van der Waals surface area contributed by atoms with E-state index in [1.165, 1.54) is 6.07 Å². The first-order valence-electron chi connectivity index (χ1n) is 6.16. The first kappa shape index (κ1) is 13.5. The minimum absolute atomic E-state index is 0.00200. The van der Waals surface area contributed by atoms with Gasteiger partial charge in [0.25, 0.3) is 5.89 Å². The molecule has 1 atom stereocenters. The fourth-order valence-electron chi connectivity index (χ4n) is 1.77. The fourth-order valence-corrected chi connectivity index (χ4v) is 1.77. The summed E-state index contributed by atoms with van der Waals surface area (Å²) >= 11 is 0. The van der Waals surface area contributed by atoms with Crippen LogP contribution in [0.25, 0.3) is 11.5 Å². The van der Waals surface area contributed by atoms with Crippen molar-refractivity contribution in [3.05, 3.63) is 29.8 Å². The van der Waals surface area contributed by atoms with E-state index < -0.39 is 5.82 Å². The van der Waals surface area contributed by atoms with E-state index >= 15 is 0 Å². The van der Waals surface area contributed by atoms with Gasteiger partial charge in [-0.05, 0) is 25.5 Å². The smallest absolute Gasteiger partial charge is 0.260 e. The summed E-state index contributed by atoms with van der Waals surface area (Å²) in [7, 11) is 0. The molecular formula is C13H16FN3O2. The summed E-state index contributed by atoms with van der Waals surface area (Å²) in [6.45, 7) is 4.42. The minimum atomic E-state index is -0.505.